The molecule has 0 aromatic carbocycles. The van der Waals surface area contributed by atoms with Crippen LogP contribution in [0.15, 0.2) is 6.07 Å². The standard InChI is InChI=1S/C16H21N3OS/c1-9-8-10(2)19-16-12(9)13(17)14(21-16)15(20)18-7-3-4-11-5-6-11/h8,11H,3-7,17H2,1-2H3,(H,18,20). The van der Waals surface area contributed by atoms with Gasteiger partial charge < -0.3 is 11.1 Å². The molecule has 1 aliphatic rings. The van der Waals surface area contributed by atoms with Crippen molar-refractivity contribution in [1.29, 1.82) is 0 Å². The number of nitrogens with zero attached hydrogens (tertiary/aromatic N) is 1. The van der Waals surface area contributed by atoms with E-state index in [0.29, 0.717) is 10.6 Å². The zero-order valence-electron chi connectivity index (χ0n) is 12.5. The quantitative estimate of drug-likeness (QED) is 0.832. The van der Waals surface area contributed by atoms with Gasteiger partial charge in [0.25, 0.3) is 5.91 Å². The van der Waals surface area contributed by atoms with Gasteiger partial charge in [-0.1, -0.05) is 12.8 Å². The summed E-state index contributed by atoms with van der Waals surface area (Å²) in [6.45, 7) is 4.70. The SMILES string of the molecule is Cc1cc(C)c2c(N)c(C(=O)NCCCC3CC3)sc2n1. The van der Waals surface area contributed by atoms with Crippen molar-refractivity contribution >= 4 is 33.1 Å². The number of hydrogen-bond donors (Lipinski definition) is 2. The molecule has 1 saturated carbocycles. The normalized spacial score (nSPS) is 14.6. The van der Waals surface area contributed by atoms with E-state index >= 15 is 0 Å². The predicted molar refractivity (Wildman–Crippen MR) is 87.8 cm³/mol. The Labute approximate surface area is 128 Å². The molecule has 4 nitrogen and oxygen atoms in total. The molecule has 0 unspecified atom stereocenters. The van der Waals surface area contributed by atoms with Gasteiger partial charge in [-0.25, -0.2) is 4.98 Å². The van der Waals surface area contributed by atoms with E-state index in [1.165, 1.54) is 30.6 Å². The highest BCUT2D eigenvalue weighted by molar-refractivity contribution is 7.21. The fraction of sp³-hybridized carbons (Fsp3) is 0.500. The van der Waals surface area contributed by atoms with Crippen molar-refractivity contribution in [1.82, 2.24) is 10.3 Å². The van der Waals surface area contributed by atoms with Crippen LogP contribution in [0.1, 0.15) is 46.6 Å². The maximum atomic E-state index is 12.3. The molecule has 2 aromatic rings. The molecule has 3 rings (SSSR count). The first-order valence-corrected chi connectivity index (χ1v) is 8.32. The lowest BCUT2D eigenvalue weighted by Gasteiger charge is -2.04. The van der Waals surface area contributed by atoms with Crippen LogP contribution in [0.3, 0.4) is 0 Å². The van der Waals surface area contributed by atoms with Gasteiger partial charge in [-0.15, -0.1) is 11.3 Å². The first-order valence-electron chi connectivity index (χ1n) is 7.50. The van der Waals surface area contributed by atoms with Crippen LogP contribution in [0.25, 0.3) is 10.2 Å². The molecule has 112 valence electrons. The first kappa shape index (κ1) is 14.3. The third-order valence-electron chi connectivity index (χ3n) is 4.00. The molecule has 5 heteroatoms. The number of anilines is 1. The molecule has 1 aliphatic carbocycles. The topological polar surface area (TPSA) is 68.0 Å². The fourth-order valence-corrected chi connectivity index (χ4v) is 3.85. The summed E-state index contributed by atoms with van der Waals surface area (Å²) in [4.78, 5) is 18.2. The number of aromatic nitrogens is 1. The number of carbonyl (C=O) groups excluding carboxylic acids is 1. The number of nitrogens with one attached hydrogen (secondary N) is 1. The van der Waals surface area contributed by atoms with E-state index in [1.807, 2.05) is 19.9 Å². The maximum absolute atomic E-state index is 12.3. The predicted octanol–water partition coefficient (Wildman–Crippen LogP) is 3.42. The fourth-order valence-electron chi connectivity index (χ4n) is 2.72. The monoisotopic (exact) mass is 303 g/mol. The van der Waals surface area contributed by atoms with E-state index in [9.17, 15) is 4.79 Å². The third kappa shape index (κ3) is 3.02. The summed E-state index contributed by atoms with van der Waals surface area (Å²) in [5, 5.41) is 3.91. The molecule has 0 aliphatic heterocycles. The molecule has 0 bridgehead atoms. The van der Waals surface area contributed by atoms with Crippen LogP contribution in [0.2, 0.25) is 0 Å². The smallest absolute Gasteiger partial charge is 0.263 e. The highest BCUT2D eigenvalue weighted by atomic mass is 32.1. The highest BCUT2D eigenvalue weighted by Gasteiger charge is 2.21. The van der Waals surface area contributed by atoms with Gasteiger partial charge in [-0.2, -0.15) is 0 Å². The summed E-state index contributed by atoms with van der Waals surface area (Å²) in [5.41, 5.74) is 8.77. The zero-order valence-corrected chi connectivity index (χ0v) is 13.3. The zero-order chi connectivity index (χ0) is 15.0. The Bertz CT molecular complexity index is 688. The molecule has 21 heavy (non-hydrogen) atoms. The number of rotatable bonds is 5. The number of pyridine rings is 1. The molecule has 0 saturated heterocycles. The molecule has 2 heterocycles. The van der Waals surface area contributed by atoms with E-state index < -0.39 is 0 Å². The second-order valence-corrected chi connectivity index (χ2v) is 6.95. The molecule has 1 fully saturated rings. The number of hydrogen-bond acceptors (Lipinski definition) is 4. The summed E-state index contributed by atoms with van der Waals surface area (Å²) < 4.78 is 0. The van der Waals surface area contributed by atoms with Gasteiger partial charge in [0.05, 0.1) is 5.69 Å². The Morgan fingerprint density at radius 3 is 2.95 bits per heavy atom. The van der Waals surface area contributed by atoms with Crippen molar-refractivity contribution in [2.75, 3.05) is 12.3 Å². The Hall–Kier alpha value is -1.62. The maximum Gasteiger partial charge on any atom is 0.263 e. The summed E-state index contributed by atoms with van der Waals surface area (Å²) >= 11 is 1.39. The van der Waals surface area contributed by atoms with Crippen molar-refractivity contribution in [3.05, 3.63) is 22.2 Å². The second-order valence-electron chi connectivity index (χ2n) is 5.95. The van der Waals surface area contributed by atoms with Crippen LogP contribution in [0.5, 0.6) is 0 Å². The summed E-state index contributed by atoms with van der Waals surface area (Å²) in [7, 11) is 0. The van der Waals surface area contributed by atoms with Crippen LogP contribution < -0.4 is 11.1 Å². The van der Waals surface area contributed by atoms with Crippen molar-refractivity contribution < 1.29 is 4.79 Å². The Morgan fingerprint density at radius 1 is 1.48 bits per heavy atom. The van der Waals surface area contributed by atoms with Crippen LogP contribution in [-0.4, -0.2) is 17.4 Å². The first-order chi connectivity index (χ1) is 10.1. The molecule has 1 amide bonds. The number of carbonyl (C=O) groups is 1. The largest absolute Gasteiger partial charge is 0.397 e. The molecule has 0 atom stereocenters. The second kappa shape index (κ2) is 5.64. The third-order valence-corrected chi connectivity index (χ3v) is 5.10. The lowest BCUT2D eigenvalue weighted by atomic mass is 10.1. The van der Waals surface area contributed by atoms with Crippen LogP contribution in [-0.2, 0) is 0 Å². The van der Waals surface area contributed by atoms with Gasteiger partial charge >= 0.3 is 0 Å². The van der Waals surface area contributed by atoms with Crippen LogP contribution in [0.4, 0.5) is 5.69 Å². The molecular weight excluding hydrogens is 282 g/mol. The molecular formula is C16H21N3OS. The number of fused-ring (bicyclic) bond motifs is 1. The molecule has 0 spiro atoms. The lowest BCUT2D eigenvalue weighted by Crippen LogP contribution is -2.24. The van der Waals surface area contributed by atoms with E-state index in [1.54, 1.807) is 0 Å². The van der Waals surface area contributed by atoms with Crippen LogP contribution in [0, 0.1) is 19.8 Å². The van der Waals surface area contributed by atoms with Crippen molar-refractivity contribution in [2.24, 2.45) is 5.92 Å². The van der Waals surface area contributed by atoms with Gasteiger partial charge in [0.1, 0.15) is 9.71 Å². The van der Waals surface area contributed by atoms with Gasteiger partial charge in [-0.3, -0.25) is 4.79 Å². The van der Waals surface area contributed by atoms with E-state index in [-0.39, 0.29) is 5.91 Å². The molecule has 0 radical (unpaired) electrons. The minimum atomic E-state index is -0.0663. The van der Waals surface area contributed by atoms with E-state index in [2.05, 4.69) is 10.3 Å². The van der Waals surface area contributed by atoms with Crippen LogP contribution >= 0.6 is 11.3 Å². The Balaban J connectivity index is 1.74. The van der Waals surface area contributed by atoms with Crippen molar-refractivity contribution in [3.63, 3.8) is 0 Å². The van der Waals surface area contributed by atoms with Gasteiger partial charge in [0, 0.05) is 17.6 Å². The minimum Gasteiger partial charge on any atom is -0.397 e. The Morgan fingerprint density at radius 2 is 2.24 bits per heavy atom. The van der Waals surface area contributed by atoms with Crippen molar-refractivity contribution in [3.8, 4) is 0 Å². The highest BCUT2D eigenvalue weighted by Crippen LogP contribution is 2.35. The van der Waals surface area contributed by atoms with Gasteiger partial charge in [0.15, 0.2) is 0 Å². The number of aryl methyl sites for hydroxylation is 2. The number of thiophene rings is 1. The average Bonchev–Trinajstić information content (AvgIpc) is 3.18. The van der Waals surface area contributed by atoms with Gasteiger partial charge in [0.2, 0.25) is 0 Å². The van der Waals surface area contributed by atoms with E-state index in [4.69, 9.17) is 5.73 Å². The average molecular weight is 303 g/mol. The summed E-state index contributed by atoms with van der Waals surface area (Å²) in [6, 6.07) is 2.00. The summed E-state index contributed by atoms with van der Waals surface area (Å²) in [6.07, 6.45) is 5.00. The Kier molecular flexibility index (Phi) is 3.85. The van der Waals surface area contributed by atoms with Crippen molar-refractivity contribution in [2.45, 2.75) is 39.5 Å². The van der Waals surface area contributed by atoms with Gasteiger partial charge in [-0.05, 0) is 44.2 Å². The van der Waals surface area contributed by atoms with E-state index in [0.717, 1.165) is 40.4 Å². The minimum absolute atomic E-state index is 0.0663. The number of amides is 1. The number of nitrogen functional groups attached to an aromatic ring is 1. The number of nitrogens with two attached hydrogens (primary N) is 1. The lowest BCUT2D eigenvalue weighted by molar-refractivity contribution is 0.0957. The summed E-state index contributed by atoms with van der Waals surface area (Å²) in [5.74, 6) is 0.842. The molecule has 2 aromatic heterocycles. The molecule has 3 N–H and O–H groups in total.